The van der Waals surface area contributed by atoms with Gasteiger partial charge >= 0.3 is 0 Å². The highest BCUT2D eigenvalue weighted by Gasteiger charge is 2.30. The van der Waals surface area contributed by atoms with Crippen LogP contribution >= 0.6 is 11.6 Å². The zero-order valence-electron chi connectivity index (χ0n) is 20.9. The molecule has 35 heavy (non-hydrogen) atoms. The number of ether oxygens (including phenoxy) is 1. The second kappa shape index (κ2) is 12.8. The Morgan fingerprint density at radius 2 is 1.80 bits per heavy atom. The van der Waals surface area contributed by atoms with E-state index in [4.69, 9.17) is 16.3 Å². The van der Waals surface area contributed by atoms with Crippen LogP contribution in [0.3, 0.4) is 0 Å². The largest absolute Gasteiger partial charge is 0.497 e. The molecule has 0 bridgehead atoms. The van der Waals surface area contributed by atoms with Crippen molar-refractivity contribution in [3.05, 3.63) is 58.6 Å². The number of sulfonamides is 1. The monoisotopic (exact) mass is 523 g/mol. The predicted molar refractivity (Wildman–Crippen MR) is 139 cm³/mol. The molecule has 0 saturated heterocycles. The summed E-state index contributed by atoms with van der Waals surface area (Å²) >= 11 is 6.21. The number of hydrogen-bond donors (Lipinski definition) is 1. The second-order valence-electron chi connectivity index (χ2n) is 8.39. The van der Waals surface area contributed by atoms with Gasteiger partial charge in [-0.2, -0.15) is 0 Å². The first kappa shape index (κ1) is 28.5. The Kier molecular flexibility index (Phi) is 10.4. The summed E-state index contributed by atoms with van der Waals surface area (Å²) in [6.07, 6.45) is 2.77. The average molecular weight is 524 g/mol. The number of aryl methyl sites for hydroxylation is 1. The van der Waals surface area contributed by atoms with Crippen LogP contribution in [0, 0.1) is 6.92 Å². The summed E-state index contributed by atoms with van der Waals surface area (Å²) in [5.74, 6) is -0.151. The SMILES string of the molecule is CCCCNC(=O)[C@H](C)N(Cc1ccc(OC)cc1)C(=O)CN(c1ccc(C)c(Cl)c1)S(C)(=O)=O. The van der Waals surface area contributed by atoms with Crippen molar-refractivity contribution in [2.75, 3.05) is 30.8 Å². The van der Waals surface area contributed by atoms with E-state index in [0.717, 1.165) is 34.5 Å². The van der Waals surface area contributed by atoms with E-state index in [1.54, 1.807) is 57.4 Å². The van der Waals surface area contributed by atoms with Crippen molar-refractivity contribution in [1.29, 1.82) is 0 Å². The molecule has 1 atom stereocenters. The molecule has 0 aromatic heterocycles. The van der Waals surface area contributed by atoms with Crippen LogP contribution in [-0.4, -0.2) is 57.6 Å². The fraction of sp³-hybridized carbons (Fsp3) is 0.440. The molecule has 0 unspecified atom stereocenters. The molecule has 0 radical (unpaired) electrons. The van der Waals surface area contributed by atoms with Crippen LogP contribution in [0.4, 0.5) is 5.69 Å². The van der Waals surface area contributed by atoms with Gasteiger partial charge in [0.1, 0.15) is 18.3 Å². The number of methoxy groups -OCH3 is 1. The number of nitrogens with one attached hydrogen (secondary N) is 1. The first-order valence-electron chi connectivity index (χ1n) is 11.4. The fourth-order valence-electron chi connectivity index (χ4n) is 3.40. The number of unbranched alkanes of at least 4 members (excludes halogenated alkanes) is 1. The minimum Gasteiger partial charge on any atom is -0.497 e. The lowest BCUT2D eigenvalue weighted by atomic mass is 10.1. The summed E-state index contributed by atoms with van der Waals surface area (Å²) in [6.45, 7) is 5.61. The molecular formula is C25H34ClN3O5S. The molecule has 1 N–H and O–H groups in total. The number of anilines is 1. The van der Waals surface area contributed by atoms with Crippen molar-refractivity contribution >= 4 is 39.1 Å². The van der Waals surface area contributed by atoms with Gasteiger partial charge in [-0.05, 0) is 55.7 Å². The van der Waals surface area contributed by atoms with E-state index >= 15 is 0 Å². The van der Waals surface area contributed by atoms with Gasteiger partial charge in [-0.3, -0.25) is 13.9 Å². The van der Waals surface area contributed by atoms with Crippen LogP contribution < -0.4 is 14.4 Å². The van der Waals surface area contributed by atoms with Gasteiger partial charge in [0.2, 0.25) is 21.8 Å². The number of halogens is 1. The molecule has 0 aliphatic rings. The van der Waals surface area contributed by atoms with E-state index in [2.05, 4.69) is 5.32 Å². The molecule has 0 aliphatic heterocycles. The molecule has 0 saturated carbocycles. The zero-order valence-corrected chi connectivity index (χ0v) is 22.4. The molecule has 0 aliphatic carbocycles. The molecule has 2 aromatic carbocycles. The highest BCUT2D eigenvalue weighted by atomic mass is 35.5. The molecule has 2 rings (SSSR count). The highest BCUT2D eigenvalue weighted by molar-refractivity contribution is 7.92. The van der Waals surface area contributed by atoms with Gasteiger partial charge in [-0.15, -0.1) is 0 Å². The summed E-state index contributed by atoms with van der Waals surface area (Å²) in [6, 6.07) is 11.1. The number of amides is 2. The van der Waals surface area contributed by atoms with Crippen LogP contribution in [0.25, 0.3) is 0 Å². The lowest BCUT2D eigenvalue weighted by Crippen LogP contribution is -2.51. The third kappa shape index (κ3) is 8.14. The summed E-state index contributed by atoms with van der Waals surface area (Å²) in [5, 5.41) is 3.24. The molecule has 8 nitrogen and oxygen atoms in total. The van der Waals surface area contributed by atoms with Gasteiger partial charge < -0.3 is 15.0 Å². The number of nitrogens with zero attached hydrogens (tertiary/aromatic N) is 2. The van der Waals surface area contributed by atoms with Gasteiger partial charge in [0.15, 0.2) is 0 Å². The number of rotatable bonds is 12. The van der Waals surface area contributed by atoms with E-state index in [0.29, 0.717) is 17.3 Å². The molecule has 0 spiro atoms. The zero-order chi connectivity index (χ0) is 26.2. The van der Waals surface area contributed by atoms with E-state index in [9.17, 15) is 18.0 Å². The van der Waals surface area contributed by atoms with Crippen LogP contribution in [0.1, 0.15) is 37.8 Å². The van der Waals surface area contributed by atoms with Crippen molar-refractivity contribution < 1.29 is 22.7 Å². The summed E-state index contributed by atoms with van der Waals surface area (Å²) in [5.41, 5.74) is 1.84. The molecule has 0 heterocycles. The standard InChI is InChI=1S/C25H34ClN3O5S/c1-6-7-14-27-25(31)19(3)28(16-20-9-12-22(34-4)13-10-20)24(30)17-29(35(5,32)33)21-11-8-18(2)23(26)15-21/h8-13,15,19H,6-7,14,16-17H2,1-5H3,(H,27,31)/t19-/m0/s1. The van der Waals surface area contributed by atoms with E-state index in [1.807, 2.05) is 6.92 Å². The third-order valence-corrected chi connectivity index (χ3v) is 7.18. The summed E-state index contributed by atoms with van der Waals surface area (Å²) in [4.78, 5) is 27.7. The Morgan fingerprint density at radius 1 is 1.14 bits per heavy atom. The topological polar surface area (TPSA) is 96.0 Å². The van der Waals surface area contributed by atoms with Crippen molar-refractivity contribution in [2.24, 2.45) is 0 Å². The number of carbonyl (C=O) groups is 2. The maximum Gasteiger partial charge on any atom is 0.244 e. The van der Waals surface area contributed by atoms with Gasteiger partial charge in [-0.25, -0.2) is 8.42 Å². The first-order chi connectivity index (χ1) is 16.5. The van der Waals surface area contributed by atoms with Crippen LogP contribution in [0.5, 0.6) is 5.75 Å². The van der Waals surface area contributed by atoms with E-state index < -0.39 is 28.5 Å². The lowest BCUT2D eigenvalue weighted by Gasteiger charge is -2.31. The Bertz CT molecular complexity index is 1120. The van der Waals surface area contributed by atoms with Gasteiger partial charge in [0.25, 0.3) is 0 Å². The number of benzene rings is 2. The Morgan fingerprint density at radius 3 is 2.34 bits per heavy atom. The quantitative estimate of drug-likeness (QED) is 0.427. The van der Waals surface area contributed by atoms with Crippen LogP contribution in [-0.2, 0) is 26.2 Å². The Balaban J connectivity index is 2.36. The van der Waals surface area contributed by atoms with Crippen molar-refractivity contribution in [1.82, 2.24) is 10.2 Å². The summed E-state index contributed by atoms with van der Waals surface area (Å²) in [7, 11) is -2.25. The second-order valence-corrected chi connectivity index (χ2v) is 10.7. The van der Waals surface area contributed by atoms with E-state index in [1.165, 1.54) is 11.0 Å². The molecule has 10 heteroatoms. The van der Waals surface area contributed by atoms with E-state index in [-0.39, 0.29) is 18.1 Å². The average Bonchev–Trinajstić information content (AvgIpc) is 2.82. The summed E-state index contributed by atoms with van der Waals surface area (Å²) < 4.78 is 31.4. The smallest absolute Gasteiger partial charge is 0.244 e. The van der Waals surface area contributed by atoms with Crippen molar-refractivity contribution in [3.63, 3.8) is 0 Å². The van der Waals surface area contributed by atoms with Crippen molar-refractivity contribution in [2.45, 2.75) is 46.2 Å². The van der Waals surface area contributed by atoms with Gasteiger partial charge in [0.05, 0.1) is 19.1 Å². The normalized spacial score (nSPS) is 12.1. The Hall–Kier alpha value is -2.78. The molecule has 0 fully saturated rings. The van der Waals surface area contributed by atoms with Crippen LogP contribution in [0.15, 0.2) is 42.5 Å². The van der Waals surface area contributed by atoms with Crippen molar-refractivity contribution in [3.8, 4) is 5.75 Å². The van der Waals surface area contributed by atoms with Gasteiger partial charge in [0, 0.05) is 18.1 Å². The maximum absolute atomic E-state index is 13.5. The minimum absolute atomic E-state index is 0.122. The molecular weight excluding hydrogens is 490 g/mol. The number of carbonyl (C=O) groups excluding carboxylic acids is 2. The maximum atomic E-state index is 13.5. The molecule has 192 valence electrons. The fourth-order valence-corrected chi connectivity index (χ4v) is 4.41. The third-order valence-electron chi connectivity index (χ3n) is 5.63. The first-order valence-corrected chi connectivity index (χ1v) is 13.6. The Labute approximate surface area is 213 Å². The van der Waals surface area contributed by atoms with Gasteiger partial charge in [-0.1, -0.05) is 43.1 Å². The van der Waals surface area contributed by atoms with Crippen LogP contribution in [0.2, 0.25) is 5.02 Å². The highest BCUT2D eigenvalue weighted by Crippen LogP contribution is 2.25. The molecule has 2 aromatic rings. The minimum atomic E-state index is -3.81. The molecule has 2 amide bonds. The predicted octanol–water partition coefficient (Wildman–Crippen LogP) is 3.76. The lowest BCUT2D eigenvalue weighted by molar-refractivity contribution is -0.139. The number of hydrogen-bond acceptors (Lipinski definition) is 5.